The maximum absolute atomic E-state index is 11.0. The van der Waals surface area contributed by atoms with Crippen molar-refractivity contribution in [2.45, 2.75) is 25.6 Å². The molecule has 0 bridgehead atoms. The van der Waals surface area contributed by atoms with Crippen molar-refractivity contribution >= 4 is 17.7 Å². The van der Waals surface area contributed by atoms with Gasteiger partial charge in [-0.05, 0) is 19.9 Å². The zero-order valence-electron chi connectivity index (χ0n) is 10.9. The van der Waals surface area contributed by atoms with Crippen molar-refractivity contribution in [1.82, 2.24) is 20.0 Å². The Hall–Kier alpha value is -1.83. The smallest absolute Gasteiger partial charge is 0.316 e. The molecule has 0 amide bonds. The molecule has 0 saturated carbocycles. The Morgan fingerprint density at radius 3 is 3.00 bits per heavy atom. The van der Waals surface area contributed by atoms with Crippen molar-refractivity contribution in [3.05, 3.63) is 11.8 Å². The SMILES string of the molecule is CCn1nc(C)cc1-c1nnc(SCC(=O)OC)o1. The monoisotopic (exact) mass is 282 g/mol. The van der Waals surface area contributed by atoms with Gasteiger partial charge in [0.1, 0.15) is 11.4 Å². The largest absolute Gasteiger partial charge is 0.468 e. The maximum atomic E-state index is 11.0. The fourth-order valence-electron chi connectivity index (χ4n) is 1.51. The van der Waals surface area contributed by atoms with E-state index in [9.17, 15) is 4.79 Å². The first-order valence-corrected chi connectivity index (χ1v) is 6.70. The highest BCUT2D eigenvalue weighted by atomic mass is 32.2. The molecule has 0 aromatic carbocycles. The molecule has 0 atom stereocenters. The van der Waals surface area contributed by atoms with E-state index >= 15 is 0 Å². The van der Waals surface area contributed by atoms with Crippen LogP contribution in [0.25, 0.3) is 11.6 Å². The van der Waals surface area contributed by atoms with Crippen LogP contribution in [0.5, 0.6) is 0 Å². The Bertz CT molecular complexity index is 578. The van der Waals surface area contributed by atoms with Gasteiger partial charge in [0.05, 0.1) is 12.8 Å². The summed E-state index contributed by atoms with van der Waals surface area (Å²) in [7, 11) is 1.34. The van der Waals surface area contributed by atoms with Crippen molar-refractivity contribution in [2.24, 2.45) is 0 Å². The lowest BCUT2D eigenvalue weighted by atomic mass is 10.4. The van der Waals surface area contributed by atoms with Crippen LogP contribution < -0.4 is 0 Å². The molecular formula is C11H14N4O3S. The third-order valence-corrected chi connectivity index (χ3v) is 3.16. The van der Waals surface area contributed by atoms with Crippen molar-refractivity contribution in [3.63, 3.8) is 0 Å². The molecule has 19 heavy (non-hydrogen) atoms. The van der Waals surface area contributed by atoms with Crippen molar-refractivity contribution < 1.29 is 13.9 Å². The van der Waals surface area contributed by atoms with Crippen LogP contribution in [0.15, 0.2) is 15.7 Å². The number of rotatable bonds is 5. The van der Waals surface area contributed by atoms with E-state index < -0.39 is 0 Å². The zero-order chi connectivity index (χ0) is 13.8. The topological polar surface area (TPSA) is 83.0 Å². The van der Waals surface area contributed by atoms with Gasteiger partial charge in [-0.1, -0.05) is 11.8 Å². The van der Waals surface area contributed by atoms with Gasteiger partial charge in [0.25, 0.3) is 11.1 Å². The van der Waals surface area contributed by atoms with Crippen molar-refractivity contribution in [2.75, 3.05) is 12.9 Å². The molecule has 0 spiro atoms. The molecule has 8 heteroatoms. The maximum Gasteiger partial charge on any atom is 0.316 e. The van der Waals surface area contributed by atoms with E-state index in [1.807, 2.05) is 19.9 Å². The number of aromatic nitrogens is 4. The lowest BCUT2D eigenvalue weighted by Crippen LogP contribution is -2.02. The Balaban J connectivity index is 2.14. The summed E-state index contributed by atoms with van der Waals surface area (Å²) in [5, 5.41) is 12.5. The summed E-state index contributed by atoms with van der Waals surface area (Å²) in [5.74, 6) is 0.207. The summed E-state index contributed by atoms with van der Waals surface area (Å²) in [4.78, 5) is 11.0. The number of nitrogens with zero attached hydrogens (tertiary/aromatic N) is 4. The standard InChI is InChI=1S/C11H14N4O3S/c1-4-15-8(5-7(2)14-15)10-12-13-11(18-10)19-6-9(16)17-3/h5H,4,6H2,1-3H3. The molecule has 0 N–H and O–H groups in total. The highest BCUT2D eigenvalue weighted by Crippen LogP contribution is 2.23. The van der Waals surface area contributed by atoms with Crippen LogP contribution in [0.4, 0.5) is 0 Å². The van der Waals surface area contributed by atoms with Crippen molar-refractivity contribution in [3.8, 4) is 11.6 Å². The molecular weight excluding hydrogens is 268 g/mol. The summed E-state index contributed by atoms with van der Waals surface area (Å²) in [6.45, 7) is 4.61. The van der Waals surface area contributed by atoms with Crippen molar-refractivity contribution in [1.29, 1.82) is 0 Å². The minimum atomic E-state index is -0.334. The van der Waals surface area contributed by atoms with Gasteiger partial charge >= 0.3 is 5.97 Å². The molecule has 7 nitrogen and oxygen atoms in total. The first kappa shape index (κ1) is 13.6. The molecule has 0 aliphatic carbocycles. The molecule has 0 aliphatic heterocycles. The number of hydrogen-bond acceptors (Lipinski definition) is 7. The second-order valence-corrected chi connectivity index (χ2v) is 4.65. The van der Waals surface area contributed by atoms with Crippen LogP contribution in [-0.4, -0.2) is 38.8 Å². The fourth-order valence-corrected chi connectivity index (χ4v) is 2.11. The van der Waals surface area contributed by atoms with Gasteiger partial charge in [0, 0.05) is 6.54 Å². The van der Waals surface area contributed by atoms with E-state index in [1.54, 1.807) is 4.68 Å². The number of esters is 1. The van der Waals surface area contributed by atoms with Gasteiger partial charge in [0.2, 0.25) is 0 Å². The predicted octanol–water partition coefficient (Wildman–Crippen LogP) is 1.53. The summed E-state index contributed by atoms with van der Waals surface area (Å²) in [6.07, 6.45) is 0. The van der Waals surface area contributed by atoms with Crippen LogP contribution >= 0.6 is 11.8 Å². The minimum Gasteiger partial charge on any atom is -0.468 e. The quantitative estimate of drug-likeness (QED) is 0.607. The number of ether oxygens (including phenoxy) is 1. The van der Waals surface area contributed by atoms with Gasteiger partial charge in [-0.15, -0.1) is 10.2 Å². The number of carbonyl (C=O) groups is 1. The highest BCUT2D eigenvalue weighted by molar-refractivity contribution is 7.99. The van der Waals surface area contributed by atoms with Gasteiger partial charge in [-0.2, -0.15) is 5.10 Å². The minimum absolute atomic E-state index is 0.143. The van der Waals surface area contributed by atoms with E-state index in [4.69, 9.17) is 4.42 Å². The number of thioether (sulfide) groups is 1. The van der Waals surface area contributed by atoms with Gasteiger partial charge in [0.15, 0.2) is 0 Å². The van der Waals surface area contributed by atoms with E-state index in [-0.39, 0.29) is 11.7 Å². The molecule has 2 heterocycles. The van der Waals surface area contributed by atoms with Crippen LogP contribution in [0.1, 0.15) is 12.6 Å². The Morgan fingerprint density at radius 2 is 2.32 bits per heavy atom. The molecule has 2 aromatic heterocycles. The number of methoxy groups -OCH3 is 1. The molecule has 0 radical (unpaired) electrons. The van der Waals surface area contributed by atoms with E-state index in [1.165, 1.54) is 7.11 Å². The molecule has 0 aliphatic rings. The average Bonchev–Trinajstić information content (AvgIpc) is 3.01. The Kier molecular flexibility index (Phi) is 4.20. The van der Waals surface area contributed by atoms with Crippen LogP contribution in [-0.2, 0) is 16.1 Å². The van der Waals surface area contributed by atoms with E-state index in [2.05, 4.69) is 20.0 Å². The molecule has 2 rings (SSSR count). The first-order valence-electron chi connectivity index (χ1n) is 5.72. The lowest BCUT2D eigenvalue weighted by Gasteiger charge is -1.98. The second-order valence-electron chi connectivity index (χ2n) is 3.72. The first-order chi connectivity index (χ1) is 9.13. The number of hydrogen-bond donors (Lipinski definition) is 0. The number of carbonyl (C=O) groups excluding carboxylic acids is 1. The number of aryl methyl sites for hydroxylation is 2. The second kappa shape index (κ2) is 5.87. The molecule has 0 saturated heterocycles. The summed E-state index contributed by atoms with van der Waals surface area (Å²) in [5.41, 5.74) is 1.66. The van der Waals surface area contributed by atoms with Crippen LogP contribution in [0, 0.1) is 6.92 Å². The Labute approximate surface area is 114 Å². The summed E-state index contributed by atoms with van der Waals surface area (Å²) in [6, 6.07) is 1.88. The normalized spacial score (nSPS) is 10.7. The summed E-state index contributed by atoms with van der Waals surface area (Å²) < 4.78 is 11.8. The molecule has 2 aromatic rings. The molecule has 0 unspecified atom stereocenters. The van der Waals surface area contributed by atoms with E-state index in [0.717, 1.165) is 29.7 Å². The summed E-state index contributed by atoms with van der Waals surface area (Å²) >= 11 is 1.14. The lowest BCUT2D eigenvalue weighted by molar-refractivity contribution is -0.137. The predicted molar refractivity (Wildman–Crippen MR) is 68.7 cm³/mol. The fraction of sp³-hybridized carbons (Fsp3) is 0.455. The Morgan fingerprint density at radius 1 is 1.53 bits per heavy atom. The average molecular weight is 282 g/mol. The third kappa shape index (κ3) is 3.14. The van der Waals surface area contributed by atoms with Gasteiger partial charge in [-0.3, -0.25) is 9.48 Å². The third-order valence-electron chi connectivity index (χ3n) is 2.37. The molecule has 0 fully saturated rings. The van der Waals surface area contributed by atoms with Gasteiger partial charge < -0.3 is 9.15 Å². The van der Waals surface area contributed by atoms with Gasteiger partial charge in [-0.25, -0.2) is 0 Å². The molecule has 102 valence electrons. The van der Waals surface area contributed by atoms with E-state index in [0.29, 0.717) is 11.1 Å². The zero-order valence-corrected chi connectivity index (χ0v) is 11.7. The van der Waals surface area contributed by atoms with Crippen LogP contribution in [0.2, 0.25) is 0 Å². The highest BCUT2D eigenvalue weighted by Gasteiger charge is 2.15. The van der Waals surface area contributed by atoms with Crippen LogP contribution in [0.3, 0.4) is 0 Å².